The van der Waals surface area contributed by atoms with Crippen molar-refractivity contribution in [2.24, 2.45) is 5.41 Å². The summed E-state index contributed by atoms with van der Waals surface area (Å²) in [5.74, 6) is 0.903. The van der Waals surface area contributed by atoms with Gasteiger partial charge in [-0.3, -0.25) is 0 Å². The molecule has 1 aliphatic rings. The van der Waals surface area contributed by atoms with E-state index >= 15 is 0 Å². The fraction of sp³-hybridized carbons (Fsp3) is 0.846. The molecule has 0 amide bonds. The van der Waals surface area contributed by atoms with Crippen LogP contribution in [0, 0.1) is 5.41 Å². The van der Waals surface area contributed by atoms with Gasteiger partial charge in [0.1, 0.15) is 12.2 Å². The summed E-state index contributed by atoms with van der Waals surface area (Å²) < 4.78 is 1.91. The van der Waals surface area contributed by atoms with Crippen LogP contribution < -0.4 is 0 Å². The minimum atomic E-state index is -0.594. The second-order valence-electron chi connectivity index (χ2n) is 6.46. The van der Waals surface area contributed by atoms with Gasteiger partial charge in [0.05, 0.1) is 5.60 Å². The first-order chi connectivity index (χ1) is 7.81. The molecular formula is C13H23N3O. The molecule has 1 aliphatic carbocycles. The lowest BCUT2D eigenvalue weighted by atomic mass is 9.88. The van der Waals surface area contributed by atoms with E-state index in [0.29, 0.717) is 12.5 Å². The predicted molar refractivity (Wildman–Crippen MR) is 66.7 cm³/mol. The SMILES string of the molecule is CC(C)n1ncnc1CC1(O)CCC(C)(C)C1. The number of hydrogen-bond acceptors (Lipinski definition) is 3. The smallest absolute Gasteiger partial charge is 0.138 e. The Bertz CT molecular complexity index is 397. The zero-order valence-corrected chi connectivity index (χ0v) is 11.3. The maximum atomic E-state index is 10.6. The van der Waals surface area contributed by atoms with Crippen molar-refractivity contribution >= 4 is 0 Å². The van der Waals surface area contributed by atoms with E-state index in [-0.39, 0.29) is 5.41 Å². The minimum absolute atomic E-state index is 0.247. The molecule has 2 rings (SSSR count). The summed E-state index contributed by atoms with van der Waals surface area (Å²) in [6.07, 6.45) is 5.00. The molecule has 4 nitrogen and oxygen atoms in total. The van der Waals surface area contributed by atoms with Crippen LogP contribution in [0.5, 0.6) is 0 Å². The minimum Gasteiger partial charge on any atom is -0.389 e. The zero-order valence-electron chi connectivity index (χ0n) is 11.3. The molecule has 0 bridgehead atoms. The Morgan fingerprint density at radius 2 is 2.12 bits per heavy atom. The lowest BCUT2D eigenvalue weighted by Gasteiger charge is -2.25. The molecule has 0 radical (unpaired) electrons. The Morgan fingerprint density at radius 1 is 1.41 bits per heavy atom. The molecule has 17 heavy (non-hydrogen) atoms. The molecule has 0 spiro atoms. The highest BCUT2D eigenvalue weighted by Gasteiger charge is 2.42. The number of hydrogen-bond donors (Lipinski definition) is 1. The summed E-state index contributed by atoms with van der Waals surface area (Å²) in [5, 5.41) is 14.8. The van der Waals surface area contributed by atoms with Crippen molar-refractivity contribution in [3.63, 3.8) is 0 Å². The summed E-state index contributed by atoms with van der Waals surface area (Å²) in [6.45, 7) is 8.61. The van der Waals surface area contributed by atoms with Crippen LogP contribution in [0.3, 0.4) is 0 Å². The van der Waals surface area contributed by atoms with Gasteiger partial charge in [-0.2, -0.15) is 5.10 Å². The molecule has 1 N–H and O–H groups in total. The topological polar surface area (TPSA) is 50.9 Å². The third-order valence-corrected chi connectivity index (χ3v) is 3.70. The molecule has 1 aromatic heterocycles. The maximum Gasteiger partial charge on any atom is 0.138 e. The molecule has 1 saturated carbocycles. The molecule has 1 aromatic rings. The van der Waals surface area contributed by atoms with Crippen LogP contribution in [0.2, 0.25) is 0 Å². The summed E-state index contributed by atoms with van der Waals surface area (Å²) in [7, 11) is 0. The van der Waals surface area contributed by atoms with E-state index in [0.717, 1.165) is 25.1 Å². The third-order valence-electron chi connectivity index (χ3n) is 3.70. The van der Waals surface area contributed by atoms with Gasteiger partial charge >= 0.3 is 0 Å². The summed E-state index contributed by atoms with van der Waals surface area (Å²) in [5.41, 5.74) is -0.347. The Balaban J connectivity index is 2.13. The van der Waals surface area contributed by atoms with Gasteiger partial charge in [0, 0.05) is 12.5 Å². The molecule has 1 unspecified atom stereocenters. The van der Waals surface area contributed by atoms with Crippen LogP contribution in [-0.4, -0.2) is 25.5 Å². The fourth-order valence-corrected chi connectivity index (χ4v) is 2.92. The van der Waals surface area contributed by atoms with E-state index < -0.39 is 5.60 Å². The molecule has 96 valence electrons. The first-order valence-corrected chi connectivity index (χ1v) is 6.42. The zero-order chi connectivity index (χ0) is 12.7. The van der Waals surface area contributed by atoms with Gasteiger partial charge in [0.15, 0.2) is 0 Å². The first kappa shape index (κ1) is 12.6. The van der Waals surface area contributed by atoms with E-state index in [1.807, 2.05) is 4.68 Å². The van der Waals surface area contributed by atoms with Gasteiger partial charge in [-0.15, -0.1) is 0 Å². The quantitative estimate of drug-likeness (QED) is 0.878. The fourth-order valence-electron chi connectivity index (χ4n) is 2.92. The number of rotatable bonds is 3. The van der Waals surface area contributed by atoms with E-state index in [4.69, 9.17) is 0 Å². The standard InChI is InChI=1S/C13H23N3O/c1-10(2)16-11(14-9-15-16)7-13(17)6-5-12(3,4)8-13/h9-10,17H,5-8H2,1-4H3. The molecular weight excluding hydrogens is 214 g/mol. The van der Waals surface area contributed by atoms with Crippen molar-refractivity contribution in [2.75, 3.05) is 0 Å². The molecule has 1 atom stereocenters. The lowest BCUT2D eigenvalue weighted by molar-refractivity contribution is 0.0347. The lowest BCUT2D eigenvalue weighted by Crippen LogP contribution is -2.31. The van der Waals surface area contributed by atoms with Crippen LogP contribution in [0.15, 0.2) is 6.33 Å². The van der Waals surface area contributed by atoms with Gasteiger partial charge < -0.3 is 5.11 Å². The van der Waals surface area contributed by atoms with Gasteiger partial charge in [0.25, 0.3) is 0 Å². The first-order valence-electron chi connectivity index (χ1n) is 6.42. The van der Waals surface area contributed by atoms with Crippen LogP contribution in [0.4, 0.5) is 0 Å². The molecule has 0 aliphatic heterocycles. The molecule has 4 heteroatoms. The number of aliphatic hydroxyl groups is 1. The molecule has 0 aromatic carbocycles. The summed E-state index contributed by atoms with van der Waals surface area (Å²) in [4.78, 5) is 4.29. The van der Waals surface area contributed by atoms with E-state index in [1.54, 1.807) is 6.33 Å². The van der Waals surface area contributed by atoms with Crippen LogP contribution in [0.1, 0.15) is 58.8 Å². The van der Waals surface area contributed by atoms with E-state index in [1.165, 1.54) is 0 Å². The number of aromatic nitrogens is 3. The van der Waals surface area contributed by atoms with Gasteiger partial charge in [-0.1, -0.05) is 13.8 Å². The highest BCUT2D eigenvalue weighted by atomic mass is 16.3. The van der Waals surface area contributed by atoms with Crippen molar-refractivity contribution in [3.05, 3.63) is 12.2 Å². The normalized spacial score (nSPS) is 27.9. The number of nitrogens with zero attached hydrogens (tertiary/aromatic N) is 3. The molecule has 1 fully saturated rings. The summed E-state index contributed by atoms with van der Waals surface area (Å²) in [6, 6.07) is 0.297. The van der Waals surface area contributed by atoms with Crippen LogP contribution >= 0.6 is 0 Å². The van der Waals surface area contributed by atoms with Gasteiger partial charge in [-0.25, -0.2) is 9.67 Å². The Hall–Kier alpha value is -0.900. The Labute approximate surface area is 103 Å². The largest absolute Gasteiger partial charge is 0.389 e. The highest BCUT2D eigenvalue weighted by molar-refractivity contribution is 5.01. The van der Waals surface area contributed by atoms with Crippen molar-refractivity contribution in [1.82, 2.24) is 14.8 Å². The van der Waals surface area contributed by atoms with Gasteiger partial charge in [0.2, 0.25) is 0 Å². The van der Waals surface area contributed by atoms with Crippen LogP contribution in [0.25, 0.3) is 0 Å². The predicted octanol–water partition coefficient (Wildman–Crippen LogP) is 2.34. The van der Waals surface area contributed by atoms with Crippen LogP contribution in [-0.2, 0) is 6.42 Å². The second kappa shape index (κ2) is 4.09. The van der Waals surface area contributed by atoms with E-state index in [2.05, 4.69) is 37.8 Å². The van der Waals surface area contributed by atoms with Gasteiger partial charge in [-0.05, 0) is 38.5 Å². The highest BCUT2D eigenvalue weighted by Crippen LogP contribution is 2.44. The average Bonchev–Trinajstić information content (AvgIpc) is 2.71. The van der Waals surface area contributed by atoms with Crippen molar-refractivity contribution in [2.45, 2.75) is 65.0 Å². The Kier molecular flexibility index (Phi) is 3.02. The molecule has 1 heterocycles. The van der Waals surface area contributed by atoms with E-state index in [9.17, 15) is 5.11 Å². The molecule has 0 saturated heterocycles. The summed E-state index contributed by atoms with van der Waals surface area (Å²) >= 11 is 0. The average molecular weight is 237 g/mol. The van der Waals surface area contributed by atoms with Crippen molar-refractivity contribution < 1.29 is 5.11 Å². The monoisotopic (exact) mass is 237 g/mol. The second-order valence-corrected chi connectivity index (χ2v) is 6.46. The Morgan fingerprint density at radius 3 is 2.65 bits per heavy atom. The van der Waals surface area contributed by atoms with Crippen molar-refractivity contribution in [1.29, 1.82) is 0 Å². The third kappa shape index (κ3) is 2.68. The van der Waals surface area contributed by atoms with Crippen molar-refractivity contribution in [3.8, 4) is 0 Å². The maximum absolute atomic E-state index is 10.6.